The van der Waals surface area contributed by atoms with Gasteiger partial charge in [-0.05, 0) is 24.2 Å². The fraction of sp³-hybridized carbons (Fsp3) is 1.00. The van der Waals surface area contributed by atoms with Crippen molar-refractivity contribution in [2.24, 2.45) is 17.8 Å². The fourth-order valence-electron chi connectivity index (χ4n) is 2.24. The molecule has 0 aromatic heterocycles. The maximum absolute atomic E-state index is 2.37. The second kappa shape index (κ2) is 7.41. The summed E-state index contributed by atoms with van der Waals surface area (Å²) in [6.45, 7) is 11.7. The monoisotopic (exact) mass is 184 g/mol. The molecule has 0 aliphatic rings. The summed E-state index contributed by atoms with van der Waals surface area (Å²) in [6.07, 6.45) is 6.97. The number of hydrogen-bond donors (Lipinski definition) is 0. The smallest absolute Gasteiger partial charge is 0.0391 e. The predicted octanol–water partition coefficient (Wildman–Crippen LogP) is 4.89. The Morgan fingerprint density at radius 1 is 0.923 bits per heavy atom. The largest absolute Gasteiger partial charge is 0.0654 e. The van der Waals surface area contributed by atoms with Crippen LogP contribution in [-0.2, 0) is 0 Å². The van der Waals surface area contributed by atoms with Gasteiger partial charge >= 0.3 is 0 Å². The Kier molecular flexibility index (Phi) is 7.41. The van der Waals surface area contributed by atoms with E-state index in [1.165, 1.54) is 32.1 Å². The van der Waals surface area contributed by atoms with Gasteiger partial charge < -0.3 is 0 Å². The Morgan fingerprint density at radius 2 is 1.54 bits per heavy atom. The Balaban J connectivity index is 3.87. The molecule has 80 valence electrons. The van der Waals surface area contributed by atoms with Gasteiger partial charge in [0.25, 0.3) is 0 Å². The van der Waals surface area contributed by atoms with Crippen molar-refractivity contribution in [3.63, 3.8) is 0 Å². The molecule has 0 rings (SSSR count). The summed E-state index contributed by atoms with van der Waals surface area (Å²) in [5.41, 5.74) is 0. The van der Waals surface area contributed by atoms with Crippen LogP contribution >= 0.6 is 0 Å². The molecule has 0 aromatic rings. The van der Waals surface area contributed by atoms with Crippen LogP contribution in [0, 0.1) is 17.8 Å². The first-order valence-corrected chi connectivity index (χ1v) is 6.15. The van der Waals surface area contributed by atoms with Gasteiger partial charge in [0.2, 0.25) is 0 Å². The molecular weight excluding hydrogens is 156 g/mol. The zero-order valence-electron chi connectivity index (χ0n) is 10.3. The van der Waals surface area contributed by atoms with Crippen LogP contribution in [0.2, 0.25) is 0 Å². The minimum absolute atomic E-state index is 0.871. The van der Waals surface area contributed by atoms with Gasteiger partial charge in [-0.2, -0.15) is 0 Å². The van der Waals surface area contributed by atoms with Crippen molar-refractivity contribution in [3.05, 3.63) is 0 Å². The van der Waals surface area contributed by atoms with Crippen molar-refractivity contribution in [3.8, 4) is 0 Å². The summed E-state index contributed by atoms with van der Waals surface area (Å²) in [4.78, 5) is 0. The molecule has 2 atom stereocenters. The Morgan fingerprint density at radius 3 is 1.85 bits per heavy atom. The average Bonchev–Trinajstić information content (AvgIpc) is 2.11. The molecule has 0 nitrogen and oxygen atoms in total. The van der Waals surface area contributed by atoms with Gasteiger partial charge in [-0.3, -0.25) is 0 Å². The zero-order chi connectivity index (χ0) is 10.3. The van der Waals surface area contributed by atoms with E-state index in [4.69, 9.17) is 0 Å². The van der Waals surface area contributed by atoms with Crippen LogP contribution in [0.4, 0.5) is 0 Å². The molecule has 0 bridgehead atoms. The first-order valence-electron chi connectivity index (χ1n) is 6.15. The normalized spacial score (nSPS) is 16.2. The van der Waals surface area contributed by atoms with Gasteiger partial charge in [-0.25, -0.2) is 0 Å². The van der Waals surface area contributed by atoms with Crippen molar-refractivity contribution in [1.29, 1.82) is 0 Å². The Labute approximate surface area is 85.1 Å². The first kappa shape index (κ1) is 13.0. The van der Waals surface area contributed by atoms with Crippen LogP contribution in [-0.4, -0.2) is 0 Å². The SMILES string of the molecule is CCCC(CC)CC(CC)C(C)C. The summed E-state index contributed by atoms with van der Waals surface area (Å²) < 4.78 is 0. The van der Waals surface area contributed by atoms with Gasteiger partial charge in [0.05, 0.1) is 0 Å². The van der Waals surface area contributed by atoms with Gasteiger partial charge in [0.15, 0.2) is 0 Å². The topological polar surface area (TPSA) is 0 Å². The van der Waals surface area contributed by atoms with Crippen molar-refractivity contribution in [2.75, 3.05) is 0 Å². The van der Waals surface area contributed by atoms with Crippen molar-refractivity contribution < 1.29 is 0 Å². The maximum atomic E-state index is 2.37. The van der Waals surface area contributed by atoms with E-state index in [9.17, 15) is 0 Å². The van der Waals surface area contributed by atoms with Crippen molar-refractivity contribution in [2.45, 2.75) is 66.7 Å². The average molecular weight is 184 g/mol. The minimum Gasteiger partial charge on any atom is -0.0654 e. The molecule has 0 spiro atoms. The van der Waals surface area contributed by atoms with Crippen LogP contribution in [0.25, 0.3) is 0 Å². The number of hydrogen-bond acceptors (Lipinski definition) is 0. The van der Waals surface area contributed by atoms with E-state index >= 15 is 0 Å². The molecule has 2 unspecified atom stereocenters. The fourth-order valence-corrected chi connectivity index (χ4v) is 2.24. The molecule has 0 amide bonds. The van der Waals surface area contributed by atoms with E-state index in [0.29, 0.717) is 0 Å². The summed E-state index contributed by atoms with van der Waals surface area (Å²) in [6, 6.07) is 0. The minimum atomic E-state index is 0.871. The molecular formula is C13H28. The second-order valence-electron chi connectivity index (χ2n) is 4.71. The van der Waals surface area contributed by atoms with Gasteiger partial charge in [-0.1, -0.05) is 60.3 Å². The third-order valence-electron chi connectivity index (χ3n) is 3.38. The molecule has 0 saturated heterocycles. The lowest BCUT2D eigenvalue weighted by Crippen LogP contribution is -2.13. The van der Waals surface area contributed by atoms with Crippen LogP contribution in [0.3, 0.4) is 0 Å². The molecule has 0 saturated carbocycles. The van der Waals surface area contributed by atoms with E-state index in [2.05, 4.69) is 34.6 Å². The van der Waals surface area contributed by atoms with Gasteiger partial charge in [0, 0.05) is 0 Å². The quantitative estimate of drug-likeness (QED) is 0.528. The second-order valence-corrected chi connectivity index (χ2v) is 4.71. The highest BCUT2D eigenvalue weighted by atomic mass is 14.2. The van der Waals surface area contributed by atoms with E-state index in [1.54, 1.807) is 0 Å². The molecule has 0 fully saturated rings. The van der Waals surface area contributed by atoms with Crippen molar-refractivity contribution in [1.82, 2.24) is 0 Å². The highest BCUT2D eigenvalue weighted by molar-refractivity contribution is 4.67. The lowest BCUT2D eigenvalue weighted by atomic mass is 9.82. The Hall–Kier alpha value is 0. The van der Waals surface area contributed by atoms with E-state index in [-0.39, 0.29) is 0 Å². The molecule has 0 heterocycles. The molecule has 13 heavy (non-hydrogen) atoms. The summed E-state index contributed by atoms with van der Waals surface area (Å²) in [5, 5.41) is 0. The standard InChI is InChI=1S/C13H28/c1-6-9-12(7-2)10-13(8-3)11(4)5/h11-13H,6-10H2,1-5H3. The molecule has 0 heteroatoms. The zero-order valence-corrected chi connectivity index (χ0v) is 10.3. The summed E-state index contributed by atoms with van der Waals surface area (Å²) in [5.74, 6) is 2.81. The predicted molar refractivity (Wildman–Crippen MR) is 61.9 cm³/mol. The highest BCUT2D eigenvalue weighted by Crippen LogP contribution is 2.27. The molecule has 0 aliphatic carbocycles. The third-order valence-corrected chi connectivity index (χ3v) is 3.38. The highest BCUT2D eigenvalue weighted by Gasteiger charge is 2.15. The van der Waals surface area contributed by atoms with Gasteiger partial charge in [-0.15, -0.1) is 0 Å². The maximum Gasteiger partial charge on any atom is -0.0391 e. The van der Waals surface area contributed by atoms with Gasteiger partial charge in [0.1, 0.15) is 0 Å². The molecule has 0 aromatic carbocycles. The first-order chi connectivity index (χ1) is 6.15. The molecule has 0 radical (unpaired) electrons. The lowest BCUT2D eigenvalue weighted by molar-refractivity contribution is 0.273. The third kappa shape index (κ3) is 5.33. The summed E-state index contributed by atoms with van der Waals surface area (Å²) in [7, 11) is 0. The molecule has 0 aliphatic heterocycles. The van der Waals surface area contributed by atoms with E-state index in [0.717, 1.165) is 17.8 Å². The van der Waals surface area contributed by atoms with Crippen molar-refractivity contribution >= 4 is 0 Å². The van der Waals surface area contributed by atoms with Crippen LogP contribution < -0.4 is 0 Å². The lowest BCUT2D eigenvalue weighted by Gasteiger charge is -2.24. The van der Waals surface area contributed by atoms with Crippen LogP contribution in [0.1, 0.15) is 66.7 Å². The van der Waals surface area contributed by atoms with Crippen LogP contribution in [0.15, 0.2) is 0 Å². The number of rotatable bonds is 7. The molecule has 0 N–H and O–H groups in total. The summed E-state index contributed by atoms with van der Waals surface area (Å²) >= 11 is 0. The van der Waals surface area contributed by atoms with E-state index < -0.39 is 0 Å². The Bertz CT molecular complexity index is 105. The van der Waals surface area contributed by atoms with Crippen LogP contribution in [0.5, 0.6) is 0 Å². The van der Waals surface area contributed by atoms with E-state index in [1.807, 2.05) is 0 Å².